The van der Waals surface area contributed by atoms with Crippen LogP contribution >= 0.6 is 31.9 Å². The van der Waals surface area contributed by atoms with Gasteiger partial charge in [0.2, 0.25) is 0 Å². The minimum absolute atomic E-state index is 0.660. The quantitative estimate of drug-likeness (QED) is 0.514. The summed E-state index contributed by atoms with van der Waals surface area (Å²) in [6.45, 7) is 8.36. The summed E-state index contributed by atoms with van der Waals surface area (Å²) in [6, 6.07) is 4.20. The first-order valence-corrected chi connectivity index (χ1v) is 9.16. The van der Waals surface area contributed by atoms with Crippen molar-refractivity contribution in [2.45, 2.75) is 39.7 Å². The van der Waals surface area contributed by atoms with Gasteiger partial charge in [0, 0.05) is 19.8 Å². The van der Waals surface area contributed by atoms with Gasteiger partial charge < -0.3 is 14.8 Å². The van der Waals surface area contributed by atoms with E-state index in [1.165, 1.54) is 12.0 Å². The zero-order chi connectivity index (χ0) is 15.5. The molecule has 0 amide bonds. The standard InChI is InChI=1S/C16H25Br2NO2/c1-3-5-8-20-9-6-7-19-12-13-10-14(17)16(21-4-2)15(18)11-13/h10-11,19H,3-9,12H2,1-2H3. The molecule has 0 saturated heterocycles. The van der Waals surface area contributed by atoms with E-state index in [2.05, 4.69) is 56.2 Å². The summed E-state index contributed by atoms with van der Waals surface area (Å²) in [5.74, 6) is 0.866. The van der Waals surface area contributed by atoms with E-state index in [-0.39, 0.29) is 0 Å². The molecule has 0 saturated carbocycles. The summed E-state index contributed by atoms with van der Waals surface area (Å²) in [7, 11) is 0. The second-order valence-electron chi connectivity index (χ2n) is 4.82. The Morgan fingerprint density at radius 1 is 1.05 bits per heavy atom. The maximum atomic E-state index is 5.58. The van der Waals surface area contributed by atoms with Gasteiger partial charge in [-0.1, -0.05) is 13.3 Å². The molecule has 0 spiro atoms. The number of rotatable bonds is 11. The Morgan fingerprint density at radius 2 is 1.71 bits per heavy atom. The number of ether oxygens (including phenoxy) is 2. The van der Waals surface area contributed by atoms with Crippen LogP contribution in [0.2, 0.25) is 0 Å². The number of benzene rings is 1. The Kier molecular flexibility index (Phi) is 10.3. The molecular formula is C16H25Br2NO2. The van der Waals surface area contributed by atoms with Gasteiger partial charge in [-0.2, -0.15) is 0 Å². The lowest BCUT2D eigenvalue weighted by atomic mass is 10.2. The van der Waals surface area contributed by atoms with Crippen LogP contribution in [0.3, 0.4) is 0 Å². The Bertz CT molecular complexity index is 390. The molecule has 120 valence electrons. The van der Waals surface area contributed by atoms with Gasteiger partial charge in [-0.15, -0.1) is 0 Å². The molecule has 1 aromatic carbocycles. The van der Waals surface area contributed by atoms with Crippen molar-refractivity contribution in [1.29, 1.82) is 0 Å². The lowest BCUT2D eigenvalue weighted by Crippen LogP contribution is -2.16. The highest BCUT2D eigenvalue weighted by Gasteiger charge is 2.08. The minimum atomic E-state index is 0.660. The molecule has 0 aliphatic heterocycles. The highest BCUT2D eigenvalue weighted by Crippen LogP contribution is 2.34. The van der Waals surface area contributed by atoms with Crippen LogP contribution < -0.4 is 10.1 Å². The maximum Gasteiger partial charge on any atom is 0.147 e. The van der Waals surface area contributed by atoms with Crippen LogP contribution in [-0.2, 0) is 11.3 Å². The van der Waals surface area contributed by atoms with Gasteiger partial charge in [-0.25, -0.2) is 0 Å². The van der Waals surface area contributed by atoms with E-state index in [4.69, 9.17) is 9.47 Å². The Hall–Kier alpha value is -0.100. The highest BCUT2D eigenvalue weighted by molar-refractivity contribution is 9.11. The van der Waals surface area contributed by atoms with Crippen LogP contribution in [0.25, 0.3) is 0 Å². The monoisotopic (exact) mass is 421 g/mol. The molecule has 0 aliphatic carbocycles. The number of nitrogens with one attached hydrogen (secondary N) is 1. The highest BCUT2D eigenvalue weighted by atomic mass is 79.9. The summed E-state index contributed by atoms with van der Waals surface area (Å²) in [5, 5.41) is 3.44. The van der Waals surface area contributed by atoms with E-state index < -0.39 is 0 Å². The summed E-state index contributed by atoms with van der Waals surface area (Å²) < 4.78 is 13.1. The third-order valence-corrected chi connectivity index (χ3v) is 4.14. The molecule has 0 aliphatic rings. The van der Waals surface area contributed by atoms with Gasteiger partial charge in [0.15, 0.2) is 0 Å². The number of hydrogen-bond donors (Lipinski definition) is 1. The van der Waals surface area contributed by atoms with Crippen LogP contribution in [0, 0.1) is 0 Å². The fourth-order valence-electron chi connectivity index (χ4n) is 1.88. The van der Waals surface area contributed by atoms with Crippen LogP contribution in [0.15, 0.2) is 21.1 Å². The molecule has 0 radical (unpaired) electrons. The zero-order valence-electron chi connectivity index (χ0n) is 12.9. The predicted molar refractivity (Wildman–Crippen MR) is 95.1 cm³/mol. The van der Waals surface area contributed by atoms with Crippen LogP contribution in [0.5, 0.6) is 5.75 Å². The van der Waals surface area contributed by atoms with Crippen molar-refractivity contribution in [2.75, 3.05) is 26.4 Å². The molecule has 0 aromatic heterocycles. The first kappa shape index (κ1) is 18.9. The average Bonchev–Trinajstić information content (AvgIpc) is 2.46. The number of halogens is 2. The van der Waals surface area contributed by atoms with Crippen LogP contribution in [0.1, 0.15) is 38.7 Å². The first-order chi connectivity index (χ1) is 10.2. The van der Waals surface area contributed by atoms with Gasteiger partial charge in [0.25, 0.3) is 0 Å². The third-order valence-electron chi connectivity index (χ3n) is 2.96. The lowest BCUT2D eigenvalue weighted by molar-refractivity contribution is 0.129. The largest absolute Gasteiger partial charge is 0.492 e. The molecular weight excluding hydrogens is 398 g/mol. The van der Waals surface area contributed by atoms with E-state index in [0.29, 0.717) is 6.61 Å². The summed E-state index contributed by atoms with van der Waals surface area (Å²) in [4.78, 5) is 0. The smallest absolute Gasteiger partial charge is 0.147 e. The SMILES string of the molecule is CCCCOCCCNCc1cc(Br)c(OCC)c(Br)c1. The summed E-state index contributed by atoms with van der Waals surface area (Å²) in [5.41, 5.74) is 1.23. The van der Waals surface area contributed by atoms with Gasteiger partial charge >= 0.3 is 0 Å². The summed E-state index contributed by atoms with van der Waals surface area (Å²) >= 11 is 7.11. The molecule has 1 N–H and O–H groups in total. The fourth-order valence-corrected chi connectivity index (χ4v) is 3.39. The Labute approximate surface area is 145 Å². The number of unbranched alkanes of at least 4 members (excludes halogenated alkanes) is 1. The van der Waals surface area contributed by atoms with E-state index >= 15 is 0 Å². The van der Waals surface area contributed by atoms with Gasteiger partial charge in [-0.05, 0) is 75.9 Å². The second kappa shape index (κ2) is 11.5. The van der Waals surface area contributed by atoms with Gasteiger partial charge in [0.05, 0.1) is 15.6 Å². The van der Waals surface area contributed by atoms with Gasteiger partial charge in [-0.3, -0.25) is 0 Å². The van der Waals surface area contributed by atoms with Crippen LogP contribution in [-0.4, -0.2) is 26.4 Å². The van der Waals surface area contributed by atoms with Crippen molar-refractivity contribution in [3.63, 3.8) is 0 Å². The topological polar surface area (TPSA) is 30.5 Å². The molecule has 1 rings (SSSR count). The van der Waals surface area contributed by atoms with Crippen molar-refractivity contribution < 1.29 is 9.47 Å². The van der Waals surface area contributed by atoms with E-state index in [9.17, 15) is 0 Å². The molecule has 0 atom stereocenters. The Morgan fingerprint density at radius 3 is 2.33 bits per heavy atom. The first-order valence-electron chi connectivity index (χ1n) is 7.58. The molecule has 21 heavy (non-hydrogen) atoms. The maximum absolute atomic E-state index is 5.58. The average molecular weight is 423 g/mol. The Balaban J connectivity index is 2.26. The fraction of sp³-hybridized carbons (Fsp3) is 0.625. The van der Waals surface area contributed by atoms with E-state index in [1.54, 1.807) is 0 Å². The zero-order valence-corrected chi connectivity index (χ0v) is 16.1. The molecule has 1 aromatic rings. The van der Waals surface area contributed by atoms with E-state index in [1.807, 2.05) is 6.92 Å². The molecule has 0 heterocycles. The van der Waals surface area contributed by atoms with E-state index in [0.717, 1.165) is 53.8 Å². The molecule has 5 heteroatoms. The molecule has 0 unspecified atom stereocenters. The van der Waals surface area contributed by atoms with Crippen molar-refractivity contribution in [3.05, 3.63) is 26.6 Å². The predicted octanol–water partition coefficient (Wildman–Crippen LogP) is 4.91. The van der Waals surface area contributed by atoms with Gasteiger partial charge in [0.1, 0.15) is 5.75 Å². The summed E-state index contributed by atoms with van der Waals surface area (Å²) in [6.07, 6.45) is 3.39. The molecule has 3 nitrogen and oxygen atoms in total. The third kappa shape index (κ3) is 7.63. The molecule has 0 bridgehead atoms. The normalized spacial score (nSPS) is 10.9. The van der Waals surface area contributed by atoms with Crippen molar-refractivity contribution in [3.8, 4) is 5.75 Å². The van der Waals surface area contributed by atoms with Crippen molar-refractivity contribution in [2.24, 2.45) is 0 Å². The lowest BCUT2D eigenvalue weighted by Gasteiger charge is -2.11. The van der Waals surface area contributed by atoms with Crippen molar-refractivity contribution >= 4 is 31.9 Å². The van der Waals surface area contributed by atoms with Crippen molar-refractivity contribution in [1.82, 2.24) is 5.32 Å². The second-order valence-corrected chi connectivity index (χ2v) is 6.53. The number of hydrogen-bond acceptors (Lipinski definition) is 3. The molecule has 0 fully saturated rings. The van der Waals surface area contributed by atoms with Crippen LogP contribution in [0.4, 0.5) is 0 Å². The minimum Gasteiger partial charge on any atom is -0.492 e.